The predicted molar refractivity (Wildman–Crippen MR) is 74.4 cm³/mol. The van der Waals surface area contributed by atoms with Crippen molar-refractivity contribution >= 4 is 34.6 Å². The highest BCUT2D eigenvalue weighted by Gasteiger charge is 2.32. The summed E-state index contributed by atoms with van der Waals surface area (Å²) in [5.41, 5.74) is 6.36. The molecule has 0 spiro atoms. The van der Waals surface area contributed by atoms with E-state index in [1.54, 1.807) is 12.1 Å². The molecule has 0 bridgehead atoms. The van der Waals surface area contributed by atoms with Crippen molar-refractivity contribution in [1.29, 1.82) is 0 Å². The summed E-state index contributed by atoms with van der Waals surface area (Å²) in [4.78, 5) is 0. The van der Waals surface area contributed by atoms with E-state index in [0.29, 0.717) is 47.5 Å². The molecule has 0 atom stereocenters. The van der Waals surface area contributed by atoms with Gasteiger partial charge in [0.15, 0.2) is 0 Å². The Bertz CT molecular complexity index is 411. The highest BCUT2D eigenvalue weighted by Crippen LogP contribution is 2.36. The van der Waals surface area contributed by atoms with E-state index in [2.05, 4.69) is 5.32 Å². The Morgan fingerprint density at radius 1 is 1.28 bits per heavy atom. The van der Waals surface area contributed by atoms with Crippen LogP contribution in [0.2, 0.25) is 10.0 Å². The molecule has 0 saturated carbocycles. The average Bonchev–Trinajstić information content (AvgIpc) is 2.35. The normalized spacial score (nSPS) is 18.6. The number of anilines is 2. The standard InChI is InChI=1S/C12H16Cl2N2O2/c13-9-5-8(15)6-10(14)11(9)16-12(7-17)1-3-18-4-2-12/h5-6,16-17H,1-4,7,15H2. The van der Waals surface area contributed by atoms with Crippen LogP contribution >= 0.6 is 23.2 Å². The zero-order valence-electron chi connectivity index (χ0n) is 9.88. The minimum Gasteiger partial charge on any atom is -0.399 e. The zero-order valence-corrected chi connectivity index (χ0v) is 11.4. The van der Waals surface area contributed by atoms with Gasteiger partial charge >= 0.3 is 0 Å². The van der Waals surface area contributed by atoms with E-state index in [-0.39, 0.29) is 6.61 Å². The highest BCUT2D eigenvalue weighted by molar-refractivity contribution is 6.39. The topological polar surface area (TPSA) is 67.5 Å². The lowest BCUT2D eigenvalue weighted by atomic mass is 9.90. The molecule has 2 rings (SSSR count). The van der Waals surface area contributed by atoms with Gasteiger partial charge in [0.1, 0.15) is 0 Å². The van der Waals surface area contributed by atoms with Crippen molar-refractivity contribution in [2.45, 2.75) is 18.4 Å². The smallest absolute Gasteiger partial charge is 0.0725 e. The lowest BCUT2D eigenvalue weighted by Gasteiger charge is -2.37. The summed E-state index contributed by atoms with van der Waals surface area (Å²) in [5, 5.41) is 13.8. The summed E-state index contributed by atoms with van der Waals surface area (Å²) in [6, 6.07) is 3.28. The Balaban J connectivity index is 2.27. The molecule has 0 aliphatic carbocycles. The Kier molecular flexibility index (Phi) is 4.22. The van der Waals surface area contributed by atoms with E-state index in [0.717, 1.165) is 0 Å². The van der Waals surface area contributed by atoms with Crippen molar-refractivity contribution in [1.82, 2.24) is 0 Å². The maximum Gasteiger partial charge on any atom is 0.0725 e. The number of hydrogen-bond acceptors (Lipinski definition) is 4. The minimum atomic E-state index is -0.429. The van der Waals surface area contributed by atoms with Crippen LogP contribution in [-0.2, 0) is 4.74 Å². The number of ether oxygens (including phenoxy) is 1. The SMILES string of the molecule is Nc1cc(Cl)c(NC2(CO)CCOCC2)c(Cl)c1. The minimum absolute atomic E-state index is 0.00734. The summed E-state index contributed by atoms with van der Waals surface area (Å²) < 4.78 is 5.31. The molecule has 1 aromatic carbocycles. The van der Waals surface area contributed by atoms with Gasteiger partial charge in [0, 0.05) is 18.9 Å². The first-order valence-electron chi connectivity index (χ1n) is 5.78. The van der Waals surface area contributed by atoms with Gasteiger partial charge in [0.05, 0.1) is 27.9 Å². The highest BCUT2D eigenvalue weighted by atomic mass is 35.5. The van der Waals surface area contributed by atoms with Gasteiger partial charge in [-0.05, 0) is 25.0 Å². The molecule has 4 nitrogen and oxygen atoms in total. The van der Waals surface area contributed by atoms with Crippen molar-refractivity contribution in [2.24, 2.45) is 0 Å². The lowest BCUT2D eigenvalue weighted by molar-refractivity contribution is 0.0380. The second-order valence-electron chi connectivity index (χ2n) is 4.54. The number of aliphatic hydroxyl groups excluding tert-OH is 1. The van der Waals surface area contributed by atoms with E-state index in [4.69, 9.17) is 33.7 Å². The maximum absolute atomic E-state index is 9.61. The summed E-state index contributed by atoms with van der Waals surface area (Å²) in [6.07, 6.45) is 1.42. The summed E-state index contributed by atoms with van der Waals surface area (Å²) in [5.74, 6) is 0. The van der Waals surface area contributed by atoms with Gasteiger partial charge in [-0.1, -0.05) is 23.2 Å². The summed E-state index contributed by atoms with van der Waals surface area (Å²) >= 11 is 12.3. The van der Waals surface area contributed by atoms with Crippen LogP contribution in [0, 0.1) is 0 Å². The first-order chi connectivity index (χ1) is 8.56. The number of rotatable bonds is 3. The molecule has 1 aliphatic rings. The van der Waals surface area contributed by atoms with E-state index in [1.807, 2.05) is 0 Å². The van der Waals surface area contributed by atoms with Gasteiger partial charge in [-0.25, -0.2) is 0 Å². The van der Waals surface area contributed by atoms with E-state index in [1.165, 1.54) is 0 Å². The molecule has 4 N–H and O–H groups in total. The molecule has 1 saturated heterocycles. The lowest BCUT2D eigenvalue weighted by Crippen LogP contribution is -2.47. The zero-order chi connectivity index (χ0) is 13.2. The number of benzene rings is 1. The summed E-state index contributed by atoms with van der Waals surface area (Å²) in [6.45, 7) is 1.23. The second-order valence-corrected chi connectivity index (χ2v) is 5.35. The molecule has 100 valence electrons. The molecule has 0 aromatic heterocycles. The van der Waals surface area contributed by atoms with Crippen LogP contribution in [0.5, 0.6) is 0 Å². The molecule has 18 heavy (non-hydrogen) atoms. The third-order valence-electron chi connectivity index (χ3n) is 3.21. The van der Waals surface area contributed by atoms with Crippen LogP contribution in [0.1, 0.15) is 12.8 Å². The third-order valence-corrected chi connectivity index (χ3v) is 3.80. The van der Waals surface area contributed by atoms with Gasteiger partial charge in [-0.2, -0.15) is 0 Å². The van der Waals surface area contributed by atoms with Gasteiger partial charge < -0.3 is 20.9 Å². The molecular weight excluding hydrogens is 275 g/mol. The van der Waals surface area contributed by atoms with Gasteiger partial charge in [-0.15, -0.1) is 0 Å². The van der Waals surface area contributed by atoms with Crippen molar-refractivity contribution in [3.63, 3.8) is 0 Å². The Morgan fingerprint density at radius 2 is 1.83 bits per heavy atom. The fourth-order valence-corrected chi connectivity index (χ4v) is 2.66. The average molecular weight is 291 g/mol. The molecule has 6 heteroatoms. The number of nitrogens with two attached hydrogens (primary N) is 1. The second kappa shape index (κ2) is 5.53. The first-order valence-corrected chi connectivity index (χ1v) is 6.53. The van der Waals surface area contributed by atoms with Crippen LogP contribution in [-0.4, -0.2) is 30.5 Å². The number of halogens is 2. The van der Waals surface area contributed by atoms with Crippen molar-refractivity contribution in [3.05, 3.63) is 22.2 Å². The monoisotopic (exact) mass is 290 g/mol. The van der Waals surface area contributed by atoms with Crippen molar-refractivity contribution < 1.29 is 9.84 Å². The molecule has 1 fully saturated rings. The number of hydrogen-bond donors (Lipinski definition) is 3. The van der Waals surface area contributed by atoms with Crippen LogP contribution < -0.4 is 11.1 Å². The van der Waals surface area contributed by atoms with Crippen LogP contribution in [0.25, 0.3) is 0 Å². The van der Waals surface area contributed by atoms with Gasteiger partial charge in [-0.3, -0.25) is 0 Å². The predicted octanol–water partition coefficient (Wildman–Crippen LogP) is 2.53. The van der Waals surface area contributed by atoms with Crippen molar-refractivity contribution in [2.75, 3.05) is 30.9 Å². The fourth-order valence-electron chi connectivity index (χ4n) is 2.06. The molecule has 1 heterocycles. The quantitative estimate of drug-likeness (QED) is 0.749. The first kappa shape index (κ1) is 13.7. The van der Waals surface area contributed by atoms with Crippen LogP contribution in [0.3, 0.4) is 0 Å². The fraction of sp³-hybridized carbons (Fsp3) is 0.500. The molecular formula is C12H16Cl2N2O2. The maximum atomic E-state index is 9.61. The Labute approximate surface area is 116 Å². The largest absolute Gasteiger partial charge is 0.399 e. The number of aliphatic hydroxyl groups is 1. The Hall–Kier alpha value is -0.680. The van der Waals surface area contributed by atoms with Crippen molar-refractivity contribution in [3.8, 4) is 0 Å². The molecule has 0 amide bonds. The van der Waals surface area contributed by atoms with Gasteiger partial charge in [0.2, 0.25) is 0 Å². The summed E-state index contributed by atoms with van der Waals surface area (Å²) in [7, 11) is 0. The molecule has 0 radical (unpaired) electrons. The van der Waals surface area contributed by atoms with Crippen LogP contribution in [0.4, 0.5) is 11.4 Å². The molecule has 0 unspecified atom stereocenters. The van der Waals surface area contributed by atoms with E-state index >= 15 is 0 Å². The van der Waals surface area contributed by atoms with Crippen LogP contribution in [0.15, 0.2) is 12.1 Å². The van der Waals surface area contributed by atoms with E-state index in [9.17, 15) is 5.11 Å². The third kappa shape index (κ3) is 2.83. The molecule has 1 aromatic rings. The molecule has 1 aliphatic heterocycles. The number of nitrogens with one attached hydrogen (secondary N) is 1. The van der Waals surface area contributed by atoms with E-state index < -0.39 is 5.54 Å². The Morgan fingerprint density at radius 3 is 2.33 bits per heavy atom. The van der Waals surface area contributed by atoms with Gasteiger partial charge in [0.25, 0.3) is 0 Å². The number of nitrogen functional groups attached to an aromatic ring is 1.